The van der Waals surface area contributed by atoms with Crippen LogP contribution in [0.25, 0.3) is 0 Å². The number of nitrogens with one attached hydrogen (secondary N) is 1. The van der Waals surface area contributed by atoms with E-state index in [1.807, 2.05) is 64.0 Å². The van der Waals surface area contributed by atoms with Gasteiger partial charge in [0.25, 0.3) is 5.91 Å². The zero-order chi connectivity index (χ0) is 21.8. The number of hydrogen-bond donors (Lipinski definition) is 1. The summed E-state index contributed by atoms with van der Waals surface area (Å²) in [5.41, 5.74) is 2.66. The molecule has 0 aromatic heterocycles. The molecule has 1 spiro atoms. The molecule has 0 bridgehead atoms. The summed E-state index contributed by atoms with van der Waals surface area (Å²) in [4.78, 5) is 29.8. The lowest BCUT2D eigenvalue weighted by Crippen LogP contribution is -2.54. The number of para-hydroxylation sites is 1. The van der Waals surface area contributed by atoms with E-state index in [-0.39, 0.29) is 16.8 Å². The van der Waals surface area contributed by atoms with Crippen molar-refractivity contribution in [2.24, 2.45) is 0 Å². The van der Waals surface area contributed by atoms with E-state index in [0.717, 1.165) is 42.8 Å². The van der Waals surface area contributed by atoms with E-state index < -0.39 is 0 Å². The molecular formula is C24H29N3O3S. The number of urea groups is 1. The fourth-order valence-corrected chi connectivity index (χ4v) is 5.88. The smallest absolute Gasteiger partial charge is 0.321 e. The van der Waals surface area contributed by atoms with E-state index in [9.17, 15) is 9.59 Å². The number of nitrogens with zero attached hydrogens (tertiary/aromatic N) is 2. The van der Waals surface area contributed by atoms with Crippen molar-refractivity contribution < 1.29 is 14.3 Å². The van der Waals surface area contributed by atoms with Gasteiger partial charge in [-0.1, -0.05) is 31.2 Å². The normalized spacial score (nSPS) is 17.6. The van der Waals surface area contributed by atoms with E-state index in [4.69, 9.17) is 4.74 Å². The van der Waals surface area contributed by atoms with Crippen molar-refractivity contribution in [1.82, 2.24) is 9.80 Å². The van der Waals surface area contributed by atoms with E-state index in [1.165, 1.54) is 0 Å². The molecule has 2 aromatic rings. The fourth-order valence-electron chi connectivity index (χ4n) is 4.43. The Morgan fingerprint density at radius 1 is 1.10 bits per heavy atom. The molecule has 2 heterocycles. The monoisotopic (exact) mass is 439 g/mol. The number of aryl methyl sites for hydroxylation is 1. The molecule has 3 amide bonds. The van der Waals surface area contributed by atoms with Gasteiger partial charge in [0.05, 0.1) is 12.0 Å². The molecule has 31 heavy (non-hydrogen) atoms. The Bertz CT molecular complexity index is 957. The maximum absolute atomic E-state index is 13.3. The minimum Gasteiger partial charge on any atom is -0.497 e. The van der Waals surface area contributed by atoms with Crippen LogP contribution in [0.3, 0.4) is 0 Å². The minimum absolute atomic E-state index is 0.0404. The molecule has 2 aromatic carbocycles. The summed E-state index contributed by atoms with van der Waals surface area (Å²) in [6.07, 6.45) is 2.42. The lowest BCUT2D eigenvalue weighted by atomic mass is 10.0. The maximum Gasteiger partial charge on any atom is 0.321 e. The Morgan fingerprint density at radius 3 is 2.61 bits per heavy atom. The third kappa shape index (κ3) is 4.37. The predicted octanol–water partition coefficient (Wildman–Crippen LogP) is 4.47. The highest BCUT2D eigenvalue weighted by Gasteiger charge is 2.47. The van der Waals surface area contributed by atoms with Crippen molar-refractivity contribution >= 4 is 29.4 Å². The molecular weight excluding hydrogens is 410 g/mol. The van der Waals surface area contributed by atoms with Crippen LogP contribution in [0.2, 0.25) is 0 Å². The first-order valence-corrected chi connectivity index (χ1v) is 11.8. The molecule has 2 aliphatic heterocycles. The minimum atomic E-state index is -0.238. The first-order valence-electron chi connectivity index (χ1n) is 10.8. The Balaban J connectivity index is 1.42. The average Bonchev–Trinajstić information content (AvgIpc) is 3.22. The van der Waals surface area contributed by atoms with Crippen LogP contribution in [0.4, 0.5) is 10.5 Å². The quantitative estimate of drug-likeness (QED) is 0.764. The van der Waals surface area contributed by atoms with E-state index in [2.05, 4.69) is 12.2 Å². The number of hydrogen-bond acceptors (Lipinski definition) is 4. The number of thioether (sulfide) groups is 1. The first-order chi connectivity index (χ1) is 15.1. The zero-order valence-electron chi connectivity index (χ0n) is 18.1. The topological polar surface area (TPSA) is 61.9 Å². The van der Waals surface area contributed by atoms with Crippen LogP contribution in [0.1, 0.15) is 35.7 Å². The van der Waals surface area contributed by atoms with Crippen LogP contribution in [-0.4, -0.2) is 59.1 Å². The molecule has 4 rings (SSSR count). The number of benzene rings is 2. The fraction of sp³-hybridized carbons (Fsp3) is 0.417. The molecule has 0 radical (unpaired) electrons. The van der Waals surface area contributed by atoms with Crippen molar-refractivity contribution in [3.8, 4) is 5.75 Å². The van der Waals surface area contributed by atoms with Gasteiger partial charge in [0.15, 0.2) is 0 Å². The Labute approximate surface area is 187 Å². The Kier molecular flexibility index (Phi) is 6.41. The van der Waals surface area contributed by atoms with Gasteiger partial charge in [-0.25, -0.2) is 4.79 Å². The third-order valence-electron chi connectivity index (χ3n) is 6.21. The average molecular weight is 440 g/mol. The number of methoxy groups -OCH3 is 1. The van der Waals surface area contributed by atoms with Gasteiger partial charge < -0.3 is 19.9 Å². The highest BCUT2D eigenvalue weighted by Crippen LogP contribution is 2.44. The summed E-state index contributed by atoms with van der Waals surface area (Å²) >= 11 is 1.85. The molecule has 2 saturated heterocycles. The van der Waals surface area contributed by atoms with Gasteiger partial charge in [0.1, 0.15) is 5.75 Å². The lowest BCUT2D eigenvalue weighted by Gasteiger charge is -2.44. The molecule has 1 N–H and O–H groups in total. The second kappa shape index (κ2) is 9.22. The highest BCUT2D eigenvalue weighted by molar-refractivity contribution is 8.00. The summed E-state index contributed by atoms with van der Waals surface area (Å²) in [7, 11) is 1.61. The lowest BCUT2D eigenvalue weighted by molar-refractivity contribution is 0.0585. The van der Waals surface area contributed by atoms with Crippen molar-refractivity contribution in [2.45, 2.75) is 31.1 Å². The van der Waals surface area contributed by atoms with Gasteiger partial charge in [-0.3, -0.25) is 4.79 Å². The summed E-state index contributed by atoms with van der Waals surface area (Å²) in [6.45, 7) is 4.09. The molecule has 2 aliphatic rings. The van der Waals surface area contributed by atoms with Crippen LogP contribution >= 0.6 is 11.8 Å². The van der Waals surface area contributed by atoms with Crippen molar-refractivity contribution in [3.63, 3.8) is 0 Å². The summed E-state index contributed by atoms with van der Waals surface area (Å²) in [5.74, 6) is 1.65. The third-order valence-corrected chi connectivity index (χ3v) is 7.76. The molecule has 0 saturated carbocycles. The molecule has 0 aliphatic carbocycles. The largest absolute Gasteiger partial charge is 0.497 e. The van der Waals surface area contributed by atoms with Gasteiger partial charge >= 0.3 is 6.03 Å². The van der Waals surface area contributed by atoms with Crippen molar-refractivity contribution in [2.75, 3.05) is 37.8 Å². The number of carbonyl (C=O) groups is 2. The second-order valence-electron chi connectivity index (χ2n) is 7.91. The van der Waals surface area contributed by atoms with Gasteiger partial charge in [-0.15, -0.1) is 11.8 Å². The van der Waals surface area contributed by atoms with Crippen LogP contribution in [-0.2, 0) is 6.42 Å². The van der Waals surface area contributed by atoms with Gasteiger partial charge in [0.2, 0.25) is 0 Å². The van der Waals surface area contributed by atoms with Gasteiger partial charge in [-0.05, 0) is 49.1 Å². The first kappa shape index (κ1) is 21.6. The number of ether oxygens (including phenoxy) is 1. The van der Waals surface area contributed by atoms with Crippen LogP contribution in [0.5, 0.6) is 5.75 Å². The summed E-state index contributed by atoms with van der Waals surface area (Å²) in [6, 6.07) is 15.2. The summed E-state index contributed by atoms with van der Waals surface area (Å²) < 4.78 is 5.28. The van der Waals surface area contributed by atoms with Gasteiger partial charge in [0, 0.05) is 36.6 Å². The van der Waals surface area contributed by atoms with E-state index in [0.29, 0.717) is 24.4 Å². The second-order valence-corrected chi connectivity index (χ2v) is 9.37. The number of amides is 3. The summed E-state index contributed by atoms with van der Waals surface area (Å²) in [5, 5.41) is 3.07. The molecule has 164 valence electrons. The van der Waals surface area contributed by atoms with Crippen LogP contribution in [0.15, 0.2) is 48.5 Å². The molecule has 2 fully saturated rings. The number of carbonyl (C=O) groups excluding carboxylic acids is 2. The van der Waals surface area contributed by atoms with Gasteiger partial charge in [-0.2, -0.15) is 0 Å². The Morgan fingerprint density at radius 2 is 1.87 bits per heavy atom. The molecule has 0 unspecified atom stereocenters. The van der Waals surface area contributed by atoms with E-state index >= 15 is 0 Å². The highest BCUT2D eigenvalue weighted by atomic mass is 32.2. The molecule has 0 atom stereocenters. The number of likely N-dealkylation sites (tertiary alicyclic amines) is 1. The Hall–Kier alpha value is -2.67. The molecule has 7 heteroatoms. The SMILES string of the molecule is CCc1ccccc1NC(=O)N1CCC2(CC1)SCCN2C(=O)c1cccc(OC)c1. The van der Waals surface area contributed by atoms with Crippen molar-refractivity contribution in [3.05, 3.63) is 59.7 Å². The number of rotatable bonds is 4. The van der Waals surface area contributed by atoms with Crippen LogP contribution in [0, 0.1) is 0 Å². The van der Waals surface area contributed by atoms with E-state index in [1.54, 1.807) is 13.2 Å². The van der Waals surface area contributed by atoms with Crippen LogP contribution < -0.4 is 10.1 Å². The van der Waals surface area contributed by atoms with Crippen molar-refractivity contribution in [1.29, 1.82) is 0 Å². The standard InChI is InChI=1S/C24H29N3O3S/c1-3-18-7-4-5-10-21(18)25-23(29)26-13-11-24(12-14-26)27(15-16-31-24)22(28)19-8-6-9-20(17-19)30-2/h4-10,17H,3,11-16H2,1-2H3,(H,25,29). The molecule has 6 nitrogen and oxygen atoms in total. The number of anilines is 1. The predicted molar refractivity (Wildman–Crippen MR) is 125 cm³/mol. The maximum atomic E-state index is 13.3. The number of piperidine rings is 1. The zero-order valence-corrected chi connectivity index (χ0v) is 18.9.